The Labute approximate surface area is 149 Å². The Balaban J connectivity index is 2.09. The first-order valence-electron chi connectivity index (χ1n) is 7.37. The molecular formula is C16H19BrN2O4S. The zero-order valence-electron chi connectivity index (χ0n) is 13.3. The van der Waals surface area contributed by atoms with Crippen molar-refractivity contribution in [3.8, 4) is 0 Å². The maximum absolute atomic E-state index is 12.5. The smallest absolute Gasteiger partial charge is 0.241 e. The summed E-state index contributed by atoms with van der Waals surface area (Å²) in [6.45, 7) is 3.76. The molecule has 2 N–H and O–H groups in total. The van der Waals surface area contributed by atoms with Gasteiger partial charge in [-0.15, -0.1) is 0 Å². The molecule has 0 aliphatic heterocycles. The minimum Gasteiger partial charge on any atom is -0.467 e. The maximum atomic E-state index is 12.5. The molecule has 24 heavy (non-hydrogen) atoms. The first kappa shape index (κ1) is 18.7. The van der Waals surface area contributed by atoms with Crippen LogP contribution in [0.25, 0.3) is 0 Å². The topological polar surface area (TPSA) is 88.4 Å². The van der Waals surface area contributed by atoms with Crippen molar-refractivity contribution in [3.05, 3.63) is 52.9 Å². The molecule has 0 spiro atoms. The molecule has 0 aliphatic rings. The summed E-state index contributed by atoms with van der Waals surface area (Å²) < 4.78 is 33.3. The van der Waals surface area contributed by atoms with Crippen LogP contribution in [0.5, 0.6) is 0 Å². The number of carbonyl (C=O) groups is 1. The quantitative estimate of drug-likeness (QED) is 0.728. The lowest BCUT2D eigenvalue weighted by molar-refractivity contribution is -0.123. The van der Waals surface area contributed by atoms with Gasteiger partial charge in [-0.2, -0.15) is 4.72 Å². The van der Waals surface area contributed by atoms with Gasteiger partial charge in [-0.05, 0) is 42.3 Å². The van der Waals surface area contributed by atoms with Gasteiger partial charge in [0.1, 0.15) is 11.8 Å². The van der Waals surface area contributed by atoms with Crippen LogP contribution in [0.15, 0.2) is 56.4 Å². The molecule has 6 nitrogen and oxygen atoms in total. The van der Waals surface area contributed by atoms with Crippen LogP contribution >= 0.6 is 15.9 Å². The molecule has 0 radical (unpaired) electrons. The van der Waals surface area contributed by atoms with E-state index in [1.807, 2.05) is 0 Å². The lowest BCUT2D eigenvalue weighted by atomic mass is 10.1. The first-order chi connectivity index (χ1) is 11.3. The zero-order chi connectivity index (χ0) is 17.7. The summed E-state index contributed by atoms with van der Waals surface area (Å²) in [4.78, 5) is 12.5. The van der Waals surface area contributed by atoms with E-state index in [1.54, 1.807) is 38.1 Å². The second kappa shape index (κ2) is 7.96. The van der Waals surface area contributed by atoms with Crippen LogP contribution in [0, 0.1) is 5.92 Å². The SMILES string of the molecule is CC(C)[C@H](NS(=O)(=O)c1ccc(Br)cc1)C(=O)NCc1ccco1. The standard InChI is InChI=1S/C16H19BrN2O4S/c1-11(2)15(16(20)18-10-13-4-3-9-23-13)19-24(21,22)14-7-5-12(17)6-8-14/h3-9,11,15,19H,10H2,1-2H3,(H,18,20)/t15-/m0/s1. The van der Waals surface area contributed by atoms with E-state index in [2.05, 4.69) is 26.0 Å². The second-order valence-electron chi connectivity index (χ2n) is 5.59. The van der Waals surface area contributed by atoms with Gasteiger partial charge in [-0.25, -0.2) is 8.42 Å². The number of furan rings is 1. The lowest BCUT2D eigenvalue weighted by Crippen LogP contribution is -2.49. The summed E-state index contributed by atoms with van der Waals surface area (Å²) in [6.07, 6.45) is 1.51. The number of halogens is 1. The summed E-state index contributed by atoms with van der Waals surface area (Å²) in [7, 11) is -3.79. The largest absolute Gasteiger partial charge is 0.467 e. The predicted octanol–water partition coefficient (Wildman–Crippen LogP) is 2.66. The van der Waals surface area contributed by atoms with Gasteiger partial charge in [0.2, 0.25) is 15.9 Å². The summed E-state index contributed by atoms with van der Waals surface area (Å²) in [5, 5.41) is 2.68. The molecule has 8 heteroatoms. The molecule has 1 atom stereocenters. The van der Waals surface area contributed by atoms with E-state index in [1.165, 1.54) is 18.4 Å². The minimum atomic E-state index is -3.79. The second-order valence-corrected chi connectivity index (χ2v) is 8.22. The average molecular weight is 415 g/mol. The van der Waals surface area contributed by atoms with E-state index >= 15 is 0 Å². The zero-order valence-corrected chi connectivity index (χ0v) is 15.7. The van der Waals surface area contributed by atoms with Crippen molar-refractivity contribution in [2.45, 2.75) is 31.3 Å². The van der Waals surface area contributed by atoms with Gasteiger partial charge >= 0.3 is 0 Å². The molecule has 0 unspecified atom stereocenters. The summed E-state index contributed by atoms with van der Waals surface area (Å²) >= 11 is 3.26. The van der Waals surface area contributed by atoms with Crippen LogP contribution in [0.1, 0.15) is 19.6 Å². The first-order valence-corrected chi connectivity index (χ1v) is 9.65. The Hall–Kier alpha value is -1.64. The highest BCUT2D eigenvalue weighted by atomic mass is 79.9. The number of carbonyl (C=O) groups excluding carboxylic acids is 1. The number of hydrogen-bond donors (Lipinski definition) is 2. The number of rotatable bonds is 7. The van der Waals surface area contributed by atoms with Crippen molar-refractivity contribution in [1.29, 1.82) is 0 Å². The molecular weight excluding hydrogens is 396 g/mol. The van der Waals surface area contributed by atoms with Crippen LogP contribution in [0.2, 0.25) is 0 Å². The Morgan fingerprint density at radius 3 is 2.42 bits per heavy atom. The molecule has 0 saturated carbocycles. The van der Waals surface area contributed by atoms with Gasteiger partial charge in [0.15, 0.2) is 0 Å². The van der Waals surface area contributed by atoms with Crippen molar-refractivity contribution in [3.63, 3.8) is 0 Å². The normalized spacial score (nSPS) is 13.0. The Bertz CT molecular complexity index is 771. The number of benzene rings is 1. The van der Waals surface area contributed by atoms with E-state index in [0.29, 0.717) is 5.76 Å². The van der Waals surface area contributed by atoms with Crippen LogP contribution in [0.4, 0.5) is 0 Å². The van der Waals surface area contributed by atoms with Crippen molar-refractivity contribution < 1.29 is 17.6 Å². The van der Waals surface area contributed by atoms with E-state index < -0.39 is 22.0 Å². The third-order valence-corrected chi connectivity index (χ3v) is 5.36. The minimum absolute atomic E-state index is 0.107. The molecule has 1 aromatic heterocycles. The van der Waals surface area contributed by atoms with Gasteiger partial charge in [0.05, 0.1) is 17.7 Å². The lowest BCUT2D eigenvalue weighted by Gasteiger charge is -2.21. The van der Waals surface area contributed by atoms with Crippen molar-refractivity contribution in [2.75, 3.05) is 0 Å². The number of amides is 1. The molecule has 1 aromatic carbocycles. The highest BCUT2D eigenvalue weighted by Crippen LogP contribution is 2.16. The van der Waals surface area contributed by atoms with Crippen LogP contribution in [-0.4, -0.2) is 20.4 Å². The molecule has 0 saturated heterocycles. The Morgan fingerprint density at radius 2 is 1.88 bits per heavy atom. The van der Waals surface area contributed by atoms with Crippen molar-refractivity contribution in [1.82, 2.24) is 10.0 Å². The molecule has 0 fully saturated rings. The molecule has 1 amide bonds. The molecule has 130 valence electrons. The van der Waals surface area contributed by atoms with Gasteiger partial charge in [0.25, 0.3) is 0 Å². The fourth-order valence-corrected chi connectivity index (χ4v) is 3.65. The Morgan fingerprint density at radius 1 is 1.21 bits per heavy atom. The van der Waals surface area contributed by atoms with Gasteiger partial charge in [0, 0.05) is 4.47 Å². The van der Waals surface area contributed by atoms with Gasteiger partial charge < -0.3 is 9.73 Å². The summed E-state index contributed by atoms with van der Waals surface area (Å²) in [6, 6.07) is 8.79. The third kappa shape index (κ3) is 4.93. The maximum Gasteiger partial charge on any atom is 0.241 e. The van der Waals surface area contributed by atoms with Crippen LogP contribution in [0.3, 0.4) is 0 Å². The monoisotopic (exact) mass is 414 g/mol. The van der Waals surface area contributed by atoms with Gasteiger partial charge in [-0.1, -0.05) is 29.8 Å². The number of hydrogen-bond acceptors (Lipinski definition) is 4. The highest BCUT2D eigenvalue weighted by Gasteiger charge is 2.28. The van der Waals surface area contributed by atoms with Gasteiger partial charge in [-0.3, -0.25) is 4.79 Å². The Kier molecular flexibility index (Phi) is 6.20. The average Bonchev–Trinajstić information content (AvgIpc) is 3.04. The highest BCUT2D eigenvalue weighted by molar-refractivity contribution is 9.10. The fourth-order valence-electron chi connectivity index (χ4n) is 2.04. The summed E-state index contributed by atoms with van der Waals surface area (Å²) in [5.74, 6) is -0.0180. The molecule has 1 heterocycles. The van der Waals surface area contributed by atoms with E-state index in [9.17, 15) is 13.2 Å². The van der Waals surface area contributed by atoms with Crippen LogP contribution < -0.4 is 10.0 Å². The fraction of sp³-hybridized carbons (Fsp3) is 0.312. The number of nitrogens with one attached hydrogen (secondary N) is 2. The predicted molar refractivity (Wildman–Crippen MR) is 93.6 cm³/mol. The molecule has 2 aromatic rings. The van der Waals surface area contributed by atoms with E-state index in [0.717, 1.165) is 4.47 Å². The van der Waals surface area contributed by atoms with Crippen molar-refractivity contribution in [2.24, 2.45) is 5.92 Å². The molecule has 0 bridgehead atoms. The molecule has 0 aliphatic carbocycles. The molecule has 2 rings (SSSR count). The number of sulfonamides is 1. The van der Waals surface area contributed by atoms with Crippen molar-refractivity contribution >= 4 is 31.9 Å². The van der Waals surface area contributed by atoms with Crippen LogP contribution in [-0.2, 0) is 21.4 Å². The van der Waals surface area contributed by atoms with E-state index in [4.69, 9.17) is 4.42 Å². The third-order valence-electron chi connectivity index (χ3n) is 3.37. The summed E-state index contributed by atoms with van der Waals surface area (Å²) in [5.41, 5.74) is 0. The van der Waals surface area contributed by atoms with E-state index in [-0.39, 0.29) is 17.4 Å².